The Bertz CT molecular complexity index is 97.2. The van der Waals surface area contributed by atoms with E-state index in [1.165, 1.54) is 0 Å². The van der Waals surface area contributed by atoms with Crippen molar-refractivity contribution in [2.45, 2.75) is 0 Å². The molecule has 0 amide bonds. The molecule has 0 aliphatic rings. The van der Waals surface area contributed by atoms with E-state index in [9.17, 15) is 0 Å². The van der Waals surface area contributed by atoms with Gasteiger partial charge in [-0.1, -0.05) is 0 Å². The Labute approximate surface area is 81.8 Å². The second-order valence-corrected chi connectivity index (χ2v) is 1.71. The fourth-order valence-electron chi connectivity index (χ4n) is 0. The topological polar surface area (TPSA) is 74.6 Å². The Morgan fingerprint density at radius 3 is 1.12 bits per heavy atom. The molecule has 0 spiro atoms. The molecule has 0 fully saturated rings. The van der Waals surface area contributed by atoms with Gasteiger partial charge >= 0.3 is 48.3 Å². The van der Waals surface area contributed by atoms with Crippen molar-refractivity contribution in [1.29, 1.82) is 0 Å². The molecule has 2 N–H and O–H groups in total. The monoisotopic (exact) mass is 240 g/mol. The minimum atomic E-state index is -5.12. The molecule has 0 bridgehead atoms. The molecular weight excluding hydrogens is 237 g/mol. The molecule has 0 saturated carbocycles. The molecule has 0 atom stereocenters. The molecule has 0 saturated heterocycles. The van der Waals surface area contributed by atoms with Gasteiger partial charge in [-0.2, -0.15) is 0 Å². The summed E-state index contributed by atoms with van der Waals surface area (Å²) >= 11 is -5.12. The van der Waals surface area contributed by atoms with Crippen LogP contribution in [-0.2, 0) is 55.2 Å². The van der Waals surface area contributed by atoms with Crippen LogP contribution >= 0.6 is 0 Å². The summed E-state index contributed by atoms with van der Waals surface area (Å²) in [5.74, 6) is 0. The first-order valence-corrected chi connectivity index (χ1v) is 2.67. The number of rotatable bonds is 0. The molecule has 1 radical (unpaired) electrons. The van der Waals surface area contributed by atoms with Crippen LogP contribution in [0, 0.1) is 0 Å². The van der Waals surface area contributed by atoms with Crippen LogP contribution in [0.15, 0.2) is 0 Å². The van der Waals surface area contributed by atoms with Gasteiger partial charge in [0.1, 0.15) is 0 Å². The van der Waals surface area contributed by atoms with Gasteiger partial charge < -0.3 is 0 Å². The molecule has 4 nitrogen and oxygen atoms in total. The molecule has 0 aromatic rings. The minimum absolute atomic E-state index is 0. The zero-order chi connectivity index (χ0) is 4.50. The Kier molecular flexibility index (Phi) is 24.5. The van der Waals surface area contributed by atoms with Gasteiger partial charge in [-0.05, 0) is 0 Å². The molecule has 0 heterocycles. The molecule has 0 aromatic heterocycles. The number of hydrogen-bond acceptors (Lipinski definition) is 2. The van der Waals surface area contributed by atoms with Crippen LogP contribution in [-0.4, -0.2) is 27.2 Å². The van der Waals surface area contributed by atoms with Gasteiger partial charge in [0.25, 0.3) is 0 Å². The van der Waals surface area contributed by atoms with Crippen molar-refractivity contribution in [2.75, 3.05) is 0 Å². The van der Waals surface area contributed by atoms with E-state index in [0.717, 1.165) is 0 Å². The molecule has 8 heavy (non-hydrogen) atoms. The standard InChI is InChI=1S/Fe.Li.2Mn.2H2O.2O.H/h;;;;2*1H2;;;/q;;;+2;;;;;/p-2. The van der Waals surface area contributed by atoms with Gasteiger partial charge in [-0.15, -0.1) is 0 Å². The fourth-order valence-corrected chi connectivity index (χ4v) is 0. The third kappa shape index (κ3) is 122. The molecule has 0 aromatic carbocycles. The quantitative estimate of drug-likeness (QED) is 0.479. The predicted octanol–water partition coefficient (Wildman–Crippen LogP) is -2.01. The van der Waals surface area contributed by atoms with Crippen molar-refractivity contribution in [3.05, 3.63) is 0 Å². The van der Waals surface area contributed by atoms with Crippen molar-refractivity contribution in [3.63, 3.8) is 0 Å². The molecule has 0 rings (SSSR count). The van der Waals surface area contributed by atoms with Crippen molar-refractivity contribution < 1.29 is 63.6 Å². The van der Waals surface area contributed by atoms with Crippen LogP contribution in [0.1, 0.15) is 0 Å². The average Bonchev–Trinajstić information content (AvgIpc) is 0.722. The van der Waals surface area contributed by atoms with Gasteiger partial charge in [-0.3, -0.25) is 0 Å². The van der Waals surface area contributed by atoms with Gasteiger partial charge in [0.05, 0.1) is 0 Å². The normalized spacial score (nSPS) is 7.25. The van der Waals surface area contributed by atoms with E-state index in [-0.39, 0.29) is 53.0 Å². The van der Waals surface area contributed by atoms with E-state index >= 15 is 0 Å². The summed E-state index contributed by atoms with van der Waals surface area (Å²) in [6.45, 7) is 0. The summed E-state index contributed by atoms with van der Waals surface area (Å²) in [6.07, 6.45) is 0. The van der Waals surface area contributed by atoms with Crippen LogP contribution in [0.2, 0.25) is 0 Å². The van der Waals surface area contributed by atoms with Crippen LogP contribution in [0.5, 0.6) is 0 Å². The van der Waals surface area contributed by atoms with Crippen LogP contribution < -0.4 is 0 Å². The Morgan fingerprint density at radius 1 is 1.12 bits per heavy atom. The summed E-state index contributed by atoms with van der Waals surface area (Å²) < 4.78 is 31.8. The van der Waals surface area contributed by atoms with Gasteiger partial charge in [0.2, 0.25) is 0 Å². The summed E-state index contributed by atoms with van der Waals surface area (Å²) in [4.78, 5) is 0. The van der Waals surface area contributed by atoms with E-state index in [1.54, 1.807) is 0 Å². The number of hydrogen-bond donors (Lipinski definition) is 2. The van der Waals surface area contributed by atoms with Gasteiger partial charge in [0, 0.05) is 34.1 Å². The molecule has 50 valence electrons. The fraction of sp³-hybridized carbons (Fsp3) is 0. The Morgan fingerprint density at radius 2 is 1.12 bits per heavy atom. The first kappa shape index (κ1) is 22.6. The van der Waals surface area contributed by atoms with E-state index in [1.807, 2.05) is 0 Å². The maximum absolute atomic E-state index is 8.80. The SMILES string of the molecule is [Fe].[LiH].[Mn].[O]=[Mn](=[O])([OH])[OH]. The van der Waals surface area contributed by atoms with Crippen molar-refractivity contribution >= 4 is 18.9 Å². The Hall–Kier alpha value is 1.68. The van der Waals surface area contributed by atoms with Gasteiger partial charge in [0.15, 0.2) is 0 Å². The molecule has 0 aliphatic heterocycles. The van der Waals surface area contributed by atoms with Crippen molar-refractivity contribution in [2.24, 2.45) is 0 Å². The third-order valence-corrected chi connectivity index (χ3v) is 0. The summed E-state index contributed by atoms with van der Waals surface area (Å²) in [7, 11) is 0. The van der Waals surface area contributed by atoms with Gasteiger partial charge in [-0.25, -0.2) is 0 Å². The molecule has 8 heteroatoms. The van der Waals surface area contributed by atoms with Crippen molar-refractivity contribution in [1.82, 2.24) is 0 Å². The van der Waals surface area contributed by atoms with E-state index in [4.69, 9.17) is 16.0 Å². The summed E-state index contributed by atoms with van der Waals surface area (Å²) in [5, 5.41) is 0. The average molecular weight is 240 g/mol. The van der Waals surface area contributed by atoms with E-state index in [2.05, 4.69) is 0 Å². The molecule has 0 unspecified atom stereocenters. The Balaban J connectivity index is -0.0000000267. The summed E-state index contributed by atoms with van der Waals surface area (Å²) in [5.41, 5.74) is 0. The van der Waals surface area contributed by atoms with Crippen molar-refractivity contribution in [3.8, 4) is 0 Å². The van der Waals surface area contributed by atoms with E-state index < -0.39 is 13.4 Å². The van der Waals surface area contributed by atoms with Crippen LogP contribution in [0.4, 0.5) is 0 Å². The van der Waals surface area contributed by atoms with Crippen LogP contribution in [0.25, 0.3) is 0 Å². The van der Waals surface area contributed by atoms with E-state index in [0.29, 0.717) is 0 Å². The predicted molar refractivity (Wildman–Crippen MR) is 13.0 cm³/mol. The molecule has 0 aliphatic carbocycles. The zero-order valence-corrected chi connectivity index (χ0v) is 6.29. The second-order valence-electron chi connectivity index (χ2n) is 0.415. The zero-order valence-electron chi connectivity index (χ0n) is 2.82. The van der Waals surface area contributed by atoms with Crippen LogP contribution in [0.3, 0.4) is 0 Å². The summed E-state index contributed by atoms with van der Waals surface area (Å²) in [6, 6.07) is 0. The second kappa shape index (κ2) is 8.68. The molecular formula is H3FeLiMn2O4. The third-order valence-electron chi connectivity index (χ3n) is 0. The first-order valence-electron chi connectivity index (χ1n) is 0.647. The first-order chi connectivity index (χ1) is 2.00. The maximum atomic E-state index is 8.80.